The summed E-state index contributed by atoms with van der Waals surface area (Å²) in [6.45, 7) is 14.1. The molecule has 19 heavy (non-hydrogen) atoms. The standard InChI is InChI=1S/C16H30N2O/c1-5-19-15-9-14(16(15,3)4)18-11-13-7-6-8-17(13)10-12(18)2/h12-15H,5-11H2,1-4H3. The van der Waals surface area contributed by atoms with Gasteiger partial charge in [-0.15, -0.1) is 0 Å². The third kappa shape index (κ3) is 2.24. The second kappa shape index (κ2) is 5.01. The van der Waals surface area contributed by atoms with Gasteiger partial charge in [0.05, 0.1) is 6.10 Å². The Morgan fingerprint density at radius 1 is 1.26 bits per heavy atom. The molecule has 0 aromatic rings. The highest BCUT2D eigenvalue weighted by Crippen LogP contribution is 2.47. The van der Waals surface area contributed by atoms with E-state index in [1.807, 2.05) is 0 Å². The molecule has 3 nitrogen and oxygen atoms in total. The number of hydrogen-bond acceptors (Lipinski definition) is 3. The maximum atomic E-state index is 5.90. The van der Waals surface area contributed by atoms with E-state index in [0.717, 1.165) is 18.7 Å². The van der Waals surface area contributed by atoms with Gasteiger partial charge in [-0.25, -0.2) is 0 Å². The zero-order valence-electron chi connectivity index (χ0n) is 13.1. The van der Waals surface area contributed by atoms with E-state index in [-0.39, 0.29) is 0 Å². The number of hydrogen-bond donors (Lipinski definition) is 0. The topological polar surface area (TPSA) is 15.7 Å². The normalized spacial score (nSPS) is 42.9. The average molecular weight is 266 g/mol. The summed E-state index contributed by atoms with van der Waals surface area (Å²) in [4.78, 5) is 5.51. The van der Waals surface area contributed by atoms with Crippen molar-refractivity contribution in [2.24, 2.45) is 5.41 Å². The van der Waals surface area contributed by atoms with E-state index in [2.05, 4.69) is 37.5 Å². The SMILES string of the molecule is CCOC1CC(N2CC3CCCN3CC2C)C1(C)C. The van der Waals surface area contributed by atoms with Crippen LogP contribution in [0, 0.1) is 5.41 Å². The van der Waals surface area contributed by atoms with Gasteiger partial charge in [-0.3, -0.25) is 9.80 Å². The summed E-state index contributed by atoms with van der Waals surface area (Å²) in [7, 11) is 0. The predicted octanol–water partition coefficient (Wildman–Crippen LogP) is 2.36. The van der Waals surface area contributed by atoms with Crippen molar-refractivity contribution in [1.29, 1.82) is 0 Å². The van der Waals surface area contributed by atoms with Crippen LogP contribution >= 0.6 is 0 Å². The molecule has 0 bridgehead atoms. The molecule has 4 atom stereocenters. The smallest absolute Gasteiger partial charge is 0.0655 e. The van der Waals surface area contributed by atoms with Crippen LogP contribution in [0.4, 0.5) is 0 Å². The lowest BCUT2D eigenvalue weighted by molar-refractivity contribution is -0.167. The maximum absolute atomic E-state index is 5.90. The summed E-state index contributed by atoms with van der Waals surface area (Å²) in [6, 6.07) is 2.26. The van der Waals surface area contributed by atoms with Crippen LogP contribution in [-0.4, -0.2) is 60.3 Å². The lowest BCUT2D eigenvalue weighted by Crippen LogP contribution is -2.68. The molecular weight excluding hydrogens is 236 g/mol. The molecule has 3 aliphatic rings. The Morgan fingerprint density at radius 3 is 2.74 bits per heavy atom. The lowest BCUT2D eigenvalue weighted by Gasteiger charge is -2.59. The Morgan fingerprint density at radius 2 is 2.05 bits per heavy atom. The minimum Gasteiger partial charge on any atom is -0.378 e. The van der Waals surface area contributed by atoms with Gasteiger partial charge in [-0.05, 0) is 39.7 Å². The van der Waals surface area contributed by atoms with E-state index in [4.69, 9.17) is 4.74 Å². The average Bonchev–Trinajstić information content (AvgIpc) is 2.80. The van der Waals surface area contributed by atoms with Crippen LogP contribution < -0.4 is 0 Å². The van der Waals surface area contributed by atoms with Crippen molar-refractivity contribution in [3.63, 3.8) is 0 Å². The fraction of sp³-hybridized carbons (Fsp3) is 1.00. The summed E-state index contributed by atoms with van der Waals surface area (Å²) in [6.07, 6.45) is 4.51. The molecule has 3 fully saturated rings. The Kier molecular flexibility index (Phi) is 3.65. The quantitative estimate of drug-likeness (QED) is 0.780. The van der Waals surface area contributed by atoms with Gasteiger partial charge in [0.25, 0.3) is 0 Å². The highest BCUT2D eigenvalue weighted by Gasteiger charge is 2.53. The first kappa shape index (κ1) is 13.8. The molecule has 4 unspecified atom stereocenters. The first-order chi connectivity index (χ1) is 9.04. The zero-order chi connectivity index (χ0) is 13.6. The second-order valence-electron chi connectivity index (χ2n) is 7.35. The van der Waals surface area contributed by atoms with E-state index in [0.29, 0.717) is 17.6 Å². The summed E-state index contributed by atoms with van der Waals surface area (Å²) in [5.41, 5.74) is 0.324. The Hall–Kier alpha value is -0.120. The van der Waals surface area contributed by atoms with Gasteiger partial charge in [0.1, 0.15) is 0 Å². The largest absolute Gasteiger partial charge is 0.378 e. The van der Waals surface area contributed by atoms with Crippen molar-refractivity contribution in [3.8, 4) is 0 Å². The molecule has 1 aliphatic carbocycles. The van der Waals surface area contributed by atoms with Gasteiger partial charge in [0.2, 0.25) is 0 Å². The molecule has 1 saturated carbocycles. The van der Waals surface area contributed by atoms with Crippen molar-refractivity contribution in [1.82, 2.24) is 9.80 Å². The number of piperazine rings is 1. The molecule has 3 heteroatoms. The van der Waals surface area contributed by atoms with Crippen molar-refractivity contribution in [2.45, 2.75) is 71.2 Å². The Labute approximate surface area is 118 Å². The lowest BCUT2D eigenvalue weighted by atomic mass is 9.63. The molecule has 110 valence electrons. The van der Waals surface area contributed by atoms with Gasteiger partial charge >= 0.3 is 0 Å². The van der Waals surface area contributed by atoms with Crippen molar-refractivity contribution in [3.05, 3.63) is 0 Å². The van der Waals surface area contributed by atoms with E-state index in [1.165, 1.54) is 38.9 Å². The molecule has 0 spiro atoms. The summed E-state index contributed by atoms with van der Waals surface area (Å²) in [5, 5.41) is 0. The number of fused-ring (bicyclic) bond motifs is 1. The van der Waals surface area contributed by atoms with Gasteiger partial charge in [0.15, 0.2) is 0 Å². The van der Waals surface area contributed by atoms with Crippen LogP contribution in [0.5, 0.6) is 0 Å². The van der Waals surface area contributed by atoms with Gasteiger partial charge in [0, 0.05) is 43.2 Å². The monoisotopic (exact) mass is 266 g/mol. The molecule has 0 N–H and O–H groups in total. The predicted molar refractivity (Wildman–Crippen MR) is 78.4 cm³/mol. The number of nitrogens with zero attached hydrogens (tertiary/aromatic N) is 2. The molecule has 2 aliphatic heterocycles. The fourth-order valence-electron chi connectivity index (χ4n) is 4.56. The summed E-state index contributed by atoms with van der Waals surface area (Å²) < 4.78 is 5.90. The maximum Gasteiger partial charge on any atom is 0.0655 e. The van der Waals surface area contributed by atoms with Crippen LogP contribution in [0.3, 0.4) is 0 Å². The first-order valence-corrected chi connectivity index (χ1v) is 8.15. The molecule has 3 rings (SSSR count). The molecule has 2 saturated heterocycles. The van der Waals surface area contributed by atoms with Gasteiger partial charge in [-0.2, -0.15) is 0 Å². The van der Waals surface area contributed by atoms with Crippen molar-refractivity contribution >= 4 is 0 Å². The molecule has 0 aromatic heterocycles. The second-order valence-corrected chi connectivity index (χ2v) is 7.35. The van der Waals surface area contributed by atoms with Crippen LogP contribution in [0.1, 0.15) is 47.0 Å². The highest BCUT2D eigenvalue weighted by atomic mass is 16.5. The van der Waals surface area contributed by atoms with Crippen molar-refractivity contribution < 1.29 is 4.74 Å². The van der Waals surface area contributed by atoms with E-state index < -0.39 is 0 Å². The van der Waals surface area contributed by atoms with Crippen molar-refractivity contribution in [2.75, 3.05) is 26.2 Å². The number of rotatable bonds is 3. The fourth-order valence-corrected chi connectivity index (χ4v) is 4.56. The van der Waals surface area contributed by atoms with Crippen LogP contribution in [0.25, 0.3) is 0 Å². The molecule has 0 radical (unpaired) electrons. The summed E-state index contributed by atoms with van der Waals surface area (Å²) >= 11 is 0. The van der Waals surface area contributed by atoms with E-state index in [9.17, 15) is 0 Å². The van der Waals surface area contributed by atoms with Crippen LogP contribution in [-0.2, 0) is 4.74 Å². The third-order valence-electron chi connectivity index (χ3n) is 5.88. The molecule has 0 amide bonds. The molecule has 0 aromatic carbocycles. The highest BCUT2D eigenvalue weighted by molar-refractivity contribution is 5.07. The number of ether oxygens (including phenoxy) is 1. The van der Waals surface area contributed by atoms with Crippen LogP contribution in [0.15, 0.2) is 0 Å². The van der Waals surface area contributed by atoms with E-state index >= 15 is 0 Å². The molecular formula is C16H30N2O. The minimum atomic E-state index is 0.324. The van der Waals surface area contributed by atoms with E-state index in [1.54, 1.807) is 0 Å². The Balaban J connectivity index is 1.66. The first-order valence-electron chi connectivity index (χ1n) is 8.15. The molecule has 2 heterocycles. The summed E-state index contributed by atoms with van der Waals surface area (Å²) in [5.74, 6) is 0. The van der Waals surface area contributed by atoms with Crippen LogP contribution in [0.2, 0.25) is 0 Å². The third-order valence-corrected chi connectivity index (χ3v) is 5.88. The Bertz CT molecular complexity index is 331. The van der Waals surface area contributed by atoms with Gasteiger partial charge < -0.3 is 4.74 Å². The minimum absolute atomic E-state index is 0.324. The zero-order valence-corrected chi connectivity index (χ0v) is 13.1. The van der Waals surface area contributed by atoms with Gasteiger partial charge in [-0.1, -0.05) is 13.8 Å².